The summed E-state index contributed by atoms with van der Waals surface area (Å²) in [7, 11) is 0. The number of ether oxygens (including phenoxy) is 1. The van der Waals surface area contributed by atoms with Crippen LogP contribution in [0, 0.1) is 18.3 Å². The number of amides is 1. The van der Waals surface area contributed by atoms with E-state index < -0.39 is 5.92 Å². The molecule has 0 spiro atoms. The zero-order chi connectivity index (χ0) is 31.4. The molecule has 1 amide bonds. The second-order valence-corrected chi connectivity index (χ2v) is 13.2. The summed E-state index contributed by atoms with van der Waals surface area (Å²) in [4.78, 5) is 26.8. The van der Waals surface area contributed by atoms with Crippen molar-refractivity contribution in [2.45, 2.75) is 45.1 Å². The number of piperidine rings is 2. The van der Waals surface area contributed by atoms with Crippen LogP contribution in [0.5, 0.6) is 0 Å². The van der Waals surface area contributed by atoms with Crippen LogP contribution in [0.1, 0.15) is 47.3 Å². The quantitative estimate of drug-likeness (QED) is 0.169. The molecule has 2 unspecified atom stereocenters. The lowest BCUT2D eigenvalue weighted by molar-refractivity contribution is -0.0222. The highest BCUT2D eigenvalue weighted by Gasteiger charge is 2.56. The number of nitrogens with zero attached hydrogens (tertiary/aromatic N) is 4. The number of rotatable bonds is 12. The molecule has 3 aliphatic rings. The Hall–Kier alpha value is -3.48. The normalized spacial score (nSPS) is 22.1. The van der Waals surface area contributed by atoms with Gasteiger partial charge in [0.1, 0.15) is 5.82 Å². The topological polar surface area (TPSA) is 103 Å². The molecule has 0 radical (unpaired) electrons. The molecule has 3 aromatic rings. The van der Waals surface area contributed by atoms with Crippen molar-refractivity contribution in [1.29, 1.82) is 0 Å². The number of anilines is 4. The number of hydrogen-bond acceptors (Lipinski definition) is 9. The molecule has 1 aliphatic carbocycles. The van der Waals surface area contributed by atoms with Crippen molar-refractivity contribution in [3.8, 4) is 0 Å². The van der Waals surface area contributed by atoms with E-state index in [4.69, 9.17) is 4.74 Å². The molecule has 2 saturated heterocycles. The summed E-state index contributed by atoms with van der Waals surface area (Å²) < 4.78 is 36.9. The molecular weight excluding hydrogens is 598 g/mol. The van der Waals surface area contributed by atoms with Crippen molar-refractivity contribution in [2.24, 2.45) is 11.3 Å². The second kappa shape index (κ2) is 13.5. The molecule has 1 aromatic heterocycles. The van der Waals surface area contributed by atoms with E-state index in [1.807, 2.05) is 36.4 Å². The highest BCUT2D eigenvalue weighted by atomic mass is 32.2. The van der Waals surface area contributed by atoms with Crippen molar-refractivity contribution < 1.29 is 23.4 Å². The van der Waals surface area contributed by atoms with Crippen LogP contribution in [0.3, 0.4) is 0 Å². The van der Waals surface area contributed by atoms with Gasteiger partial charge in [0, 0.05) is 67.6 Å². The molecule has 3 fully saturated rings. The van der Waals surface area contributed by atoms with Crippen molar-refractivity contribution in [3.63, 3.8) is 0 Å². The number of aliphatic hydroxyl groups excluding tert-OH is 1. The van der Waals surface area contributed by atoms with Gasteiger partial charge in [-0.1, -0.05) is 42.3 Å². The zero-order valence-corrected chi connectivity index (χ0v) is 26.3. The molecule has 6 rings (SSSR count). The molecule has 240 valence electrons. The van der Waals surface area contributed by atoms with Crippen molar-refractivity contribution >= 4 is 41.0 Å². The average molecular weight is 639 g/mol. The van der Waals surface area contributed by atoms with Crippen LogP contribution in [0.15, 0.2) is 54.6 Å². The van der Waals surface area contributed by atoms with Gasteiger partial charge in [-0.3, -0.25) is 4.79 Å². The number of aliphatic hydroxyl groups is 1. The van der Waals surface area contributed by atoms with E-state index in [9.17, 15) is 18.7 Å². The predicted octanol–water partition coefficient (Wildman–Crippen LogP) is 5.76. The molecule has 9 nitrogen and oxygen atoms in total. The van der Waals surface area contributed by atoms with E-state index >= 15 is 0 Å². The van der Waals surface area contributed by atoms with Crippen LogP contribution in [0.2, 0.25) is 0 Å². The monoisotopic (exact) mass is 638 g/mol. The number of carbonyl (C=O) groups excluding carboxylic acids is 1. The maximum absolute atomic E-state index is 13.8. The first kappa shape index (κ1) is 31.5. The number of benzene rings is 2. The smallest absolute Gasteiger partial charge is 0.258 e. The number of carbonyl (C=O) groups is 1. The zero-order valence-electron chi connectivity index (χ0n) is 25.5. The van der Waals surface area contributed by atoms with Crippen molar-refractivity contribution in [2.75, 3.05) is 65.0 Å². The Kier molecular flexibility index (Phi) is 9.44. The first-order valence-electron chi connectivity index (χ1n) is 15.5. The summed E-state index contributed by atoms with van der Waals surface area (Å²) in [6.07, 6.45) is 1.59. The molecule has 2 aromatic carbocycles. The molecule has 45 heavy (non-hydrogen) atoms. The van der Waals surface area contributed by atoms with E-state index in [0.29, 0.717) is 41.3 Å². The van der Waals surface area contributed by atoms with Crippen LogP contribution in [-0.4, -0.2) is 72.0 Å². The van der Waals surface area contributed by atoms with Gasteiger partial charge in [0.05, 0.1) is 31.1 Å². The van der Waals surface area contributed by atoms with Gasteiger partial charge in [0.2, 0.25) is 5.95 Å². The number of aryl methyl sites for hydroxylation is 1. The first-order valence-corrected chi connectivity index (χ1v) is 16.5. The molecule has 3 N–H and O–H groups in total. The highest BCUT2D eigenvalue weighted by molar-refractivity contribution is 8.00. The third-order valence-corrected chi connectivity index (χ3v) is 9.78. The molecule has 12 heteroatoms. The van der Waals surface area contributed by atoms with E-state index in [2.05, 4.69) is 37.0 Å². The number of nitrogens with one attached hydrogen (secondary N) is 2. The number of aromatic nitrogens is 2. The Labute approximate surface area is 266 Å². The second-order valence-electron chi connectivity index (χ2n) is 12.3. The summed E-state index contributed by atoms with van der Waals surface area (Å²) in [5.41, 5.74) is 4.21. The van der Waals surface area contributed by atoms with Crippen molar-refractivity contribution in [3.05, 3.63) is 71.4 Å². The van der Waals surface area contributed by atoms with Gasteiger partial charge >= 0.3 is 0 Å². The van der Waals surface area contributed by atoms with Crippen molar-refractivity contribution in [1.82, 2.24) is 9.97 Å². The molecule has 2 aliphatic heterocycles. The summed E-state index contributed by atoms with van der Waals surface area (Å²) in [5, 5.41) is 12.2. The maximum Gasteiger partial charge on any atom is 0.258 e. The van der Waals surface area contributed by atoms with Crippen LogP contribution < -0.4 is 19.8 Å². The van der Waals surface area contributed by atoms with Gasteiger partial charge in [-0.2, -0.15) is 4.98 Å². The minimum atomic E-state index is -2.67. The van der Waals surface area contributed by atoms with E-state index in [-0.39, 0.29) is 43.9 Å². The van der Waals surface area contributed by atoms with E-state index in [1.54, 1.807) is 17.9 Å². The van der Waals surface area contributed by atoms with E-state index in [1.165, 1.54) is 17.5 Å². The average Bonchev–Trinajstić information content (AvgIpc) is 3.75. The fourth-order valence-electron chi connectivity index (χ4n) is 6.33. The summed E-state index contributed by atoms with van der Waals surface area (Å²) >= 11 is 1.41. The lowest BCUT2D eigenvalue weighted by atomic mass is 9.95. The molecule has 1 saturated carbocycles. The highest BCUT2D eigenvalue weighted by Crippen LogP contribution is 2.58. The fraction of sp³-hybridized carbons (Fsp3) is 0.485. The Morgan fingerprint density at radius 2 is 1.84 bits per heavy atom. The molecule has 3 heterocycles. The van der Waals surface area contributed by atoms with Gasteiger partial charge in [-0.15, -0.1) is 0 Å². The van der Waals surface area contributed by atoms with Crippen LogP contribution in [0.25, 0.3) is 0 Å². The van der Waals surface area contributed by atoms with Gasteiger partial charge in [0.15, 0.2) is 0 Å². The number of halogens is 2. The molecule has 2 atom stereocenters. The summed E-state index contributed by atoms with van der Waals surface area (Å²) in [5.74, 6) is -1.26. The first-order chi connectivity index (χ1) is 21.7. The third kappa shape index (κ3) is 7.67. The van der Waals surface area contributed by atoms with Crippen LogP contribution in [0.4, 0.5) is 31.9 Å². The number of fused-ring (bicyclic) bond motifs is 1. The summed E-state index contributed by atoms with van der Waals surface area (Å²) in [6.45, 7) is 5.15. The minimum absolute atomic E-state index is 0.0629. The molecule has 0 bridgehead atoms. The SMILES string of the molecule is Cc1cc(NC(=O)c2ccc(NSCCO)cc2N2CCC3(COCc4ccccc4)CC3C2)nc(N2CCC(F)(F)CC2)n1. The maximum atomic E-state index is 13.8. The Morgan fingerprint density at radius 1 is 1.07 bits per heavy atom. The molecular formula is C33H40F2N6O3S. The largest absolute Gasteiger partial charge is 0.395 e. The van der Waals surface area contributed by atoms with Crippen LogP contribution in [-0.2, 0) is 11.3 Å². The predicted molar refractivity (Wildman–Crippen MR) is 174 cm³/mol. The lowest BCUT2D eigenvalue weighted by Crippen LogP contribution is -2.40. The van der Waals surface area contributed by atoms with Gasteiger partial charge in [0.25, 0.3) is 11.8 Å². The Balaban J connectivity index is 1.15. The Morgan fingerprint density at radius 3 is 2.60 bits per heavy atom. The van der Waals surface area contributed by atoms with Gasteiger partial charge in [-0.25, -0.2) is 13.8 Å². The fourth-order valence-corrected chi connectivity index (χ4v) is 6.82. The number of hydrogen-bond donors (Lipinski definition) is 3. The van der Waals surface area contributed by atoms with Gasteiger partial charge < -0.3 is 29.7 Å². The van der Waals surface area contributed by atoms with E-state index in [0.717, 1.165) is 43.9 Å². The summed E-state index contributed by atoms with van der Waals surface area (Å²) in [6, 6.07) is 17.6. The standard InChI is InChI=1S/C33H40F2N6O3S/c1-23-17-29(38-31(36-23)40-13-10-33(34,35)11-14-40)37-30(43)27-8-7-26(39-45-16-15-42)18-28(27)41-12-9-32(19-25(32)20-41)22-44-21-24-5-3-2-4-6-24/h2-8,17-18,25,39,42H,9-16,19-22H2,1H3,(H,36,37,38,43). The minimum Gasteiger partial charge on any atom is -0.395 e. The Bertz CT molecular complexity index is 1490. The number of alkyl halides is 2. The van der Waals surface area contributed by atoms with Gasteiger partial charge in [-0.05, 0) is 49.4 Å². The third-order valence-electron chi connectivity index (χ3n) is 9.01. The lowest BCUT2D eigenvalue weighted by Gasteiger charge is -2.34. The van der Waals surface area contributed by atoms with Crippen LogP contribution >= 0.6 is 11.9 Å².